The van der Waals surface area contributed by atoms with Crippen LogP contribution in [-0.4, -0.2) is 45.5 Å². The first-order valence-electron chi connectivity index (χ1n) is 4.98. The number of aromatic nitrogens is 4. The predicted molar refractivity (Wildman–Crippen MR) is 60.8 cm³/mol. The summed E-state index contributed by atoms with van der Waals surface area (Å²) in [5.74, 6) is 0.108. The zero-order chi connectivity index (χ0) is 12.0. The number of tetrazole rings is 1. The third-order valence-corrected chi connectivity index (χ3v) is 3.24. The fourth-order valence-corrected chi connectivity index (χ4v) is 1.87. The van der Waals surface area contributed by atoms with E-state index in [0.717, 1.165) is 6.54 Å². The lowest BCUT2D eigenvalue weighted by atomic mass is 10.2. The lowest BCUT2D eigenvalue weighted by Gasteiger charge is -2.06. The minimum Gasteiger partial charge on any atom is -0.369 e. The molecule has 0 aliphatic carbocycles. The van der Waals surface area contributed by atoms with Gasteiger partial charge in [0, 0.05) is 18.2 Å². The Kier molecular flexibility index (Phi) is 5.20. The standard InChI is InChI=1S/C8H16N6OS/c1-6(7(9)15)5-16-8-11-12-13-14(8)4-3-10-2/h6,10H,3-5H2,1-2H3,(H2,9,15). The van der Waals surface area contributed by atoms with Crippen LogP contribution in [0.4, 0.5) is 0 Å². The lowest BCUT2D eigenvalue weighted by Crippen LogP contribution is -2.22. The molecule has 0 radical (unpaired) electrons. The number of nitrogens with one attached hydrogen (secondary N) is 1. The van der Waals surface area contributed by atoms with Gasteiger partial charge in [-0.05, 0) is 17.5 Å². The van der Waals surface area contributed by atoms with E-state index in [1.807, 2.05) is 7.05 Å². The third kappa shape index (κ3) is 3.78. The van der Waals surface area contributed by atoms with E-state index >= 15 is 0 Å². The molecule has 1 aromatic rings. The summed E-state index contributed by atoms with van der Waals surface area (Å²) in [6.45, 7) is 3.29. The van der Waals surface area contributed by atoms with Crippen molar-refractivity contribution in [3.8, 4) is 0 Å². The fraction of sp³-hybridized carbons (Fsp3) is 0.750. The number of carbonyl (C=O) groups is 1. The summed E-state index contributed by atoms with van der Waals surface area (Å²) >= 11 is 1.44. The van der Waals surface area contributed by atoms with E-state index in [2.05, 4.69) is 20.8 Å². The van der Waals surface area contributed by atoms with E-state index in [-0.39, 0.29) is 11.8 Å². The Morgan fingerprint density at radius 1 is 1.69 bits per heavy atom. The maximum absolute atomic E-state index is 10.9. The van der Waals surface area contributed by atoms with Crippen LogP contribution >= 0.6 is 11.8 Å². The second-order valence-electron chi connectivity index (χ2n) is 3.40. The zero-order valence-corrected chi connectivity index (χ0v) is 10.2. The molecule has 1 atom stereocenters. The van der Waals surface area contributed by atoms with Crippen LogP contribution in [0.3, 0.4) is 0 Å². The first-order chi connectivity index (χ1) is 7.65. The van der Waals surface area contributed by atoms with E-state index in [1.165, 1.54) is 11.8 Å². The molecule has 0 aliphatic rings. The first-order valence-corrected chi connectivity index (χ1v) is 5.96. The summed E-state index contributed by atoms with van der Waals surface area (Å²) in [5.41, 5.74) is 5.17. The molecule has 1 unspecified atom stereocenters. The van der Waals surface area contributed by atoms with Crippen molar-refractivity contribution in [3.63, 3.8) is 0 Å². The molecule has 1 amide bonds. The van der Waals surface area contributed by atoms with Crippen LogP contribution in [0, 0.1) is 5.92 Å². The SMILES string of the molecule is CNCCn1nnnc1SCC(C)C(N)=O. The highest BCUT2D eigenvalue weighted by Crippen LogP contribution is 2.16. The number of rotatable bonds is 7. The summed E-state index contributed by atoms with van der Waals surface area (Å²) in [4.78, 5) is 10.9. The van der Waals surface area contributed by atoms with Crippen molar-refractivity contribution in [3.05, 3.63) is 0 Å². The quantitative estimate of drug-likeness (QED) is 0.603. The third-order valence-electron chi connectivity index (χ3n) is 2.02. The average Bonchev–Trinajstić information content (AvgIpc) is 2.70. The highest BCUT2D eigenvalue weighted by atomic mass is 32.2. The molecule has 0 saturated carbocycles. The molecule has 0 aromatic carbocycles. The second-order valence-corrected chi connectivity index (χ2v) is 4.39. The maximum Gasteiger partial charge on any atom is 0.221 e. The van der Waals surface area contributed by atoms with Gasteiger partial charge in [-0.3, -0.25) is 4.79 Å². The number of hydrogen-bond acceptors (Lipinski definition) is 6. The molecule has 7 nitrogen and oxygen atoms in total. The van der Waals surface area contributed by atoms with Crippen molar-refractivity contribution in [2.75, 3.05) is 19.3 Å². The van der Waals surface area contributed by atoms with Crippen LogP contribution in [-0.2, 0) is 11.3 Å². The number of nitrogens with two attached hydrogens (primary N) is 1. The van der Waals surface area contributed by atoms with Crippen LogP contribution < -0.4 is 11.1 Å². The molecule has 0 aliphatic heterocycles. The Labute approximate surface area is 98.1 Å². The van der Waals surface area contributed by atoms with Gasteiger partial charge < -0.3 is 11.1 Å². The Bertz CT molecular complexity index is 341. The smallest absolute Gasteiger partial charge is 0.221 e. The van der Waals surface area contributed by atoms with Crippen LogP contribution in [0.25, 0.3) is 0 Å². The summed E-state index contributed by atoms with van der Waals surface area (Å²) in [7, 11) is 1.87. The molecule has 0 spiro atoms. The van der Waals surface area contributed by atoms with Gasteiger partial charge in [-0.2, -0.15) is 0 Å². The van der Waals surface area contributed by atoms with Crippen molar-refractivity contribution in [2.45, 2.75) is 18.6 Å². The van der Waals surface area contributed by atoms with Gasteiger partial charge in [0.25, 0.3) is 0 Å². The number of primary amides is 1. The van der Waals surface area contributed by atoms with E-state index in [1.54, 1.807) is 11.6 Å². The van der Waals surface area contributed by atoms with Crippen molar-refractivity contribution < 1.29 is 4.79 Å². The lowest BCUT2D eigenvalue weighted by molar-refractivity contribution is -0.120. The number of likely N-dealkylation sites (N-methyl/N-ethyl adjacent to an activating group) is 1. The van der Waals surface area contributed by atoms with E-state index in [9.17, 15) is 4.79 Å². The van der Waals surface area contributed by atoms with Crippen molar-refractivity contribution >= 4 is 17.7 Å². The Morgan fingerprint density at radius 3 is 3.06 bits per heavy atom. The molecule has 16 heavy (non-hydrogen) atoms. The highest BCUT2D eigenvalue weighted by Gasteiger charge is 2.12. The molecule has 1 aromatic heterocycles. The molecule has 0 saturated heterocycles. The number of carbonyl (C=O) groups excluding carboxylic acids is 1. The Morgan fingerprint density at radius 2 is 2.44 bits per heavy atom. The summed E-state index contributed by atoms with van der Waals surface area (Å²) in [6.07, 6.45) is 0. The molecular formula is C8H16N6OS. The van der Waals surface area contributed by atoms with E-state index < -0.39 is 0 Å². The molecule has 3 N–H and O–H groups in total. The highest BCUT2D eigenvalue weighted by molar-refractivity contribution is 7.99. The van der Waals surface area contributed by atoms with Gasteiger partial charge >= 0.3 is 0 Å². The van der Waals surface area contributed by atoms with Gasteiger partial charge in [-0.25, -0.2) is 4.68 Å². The van der Waals surface area contributed by atoms with Gasteiger partial charge in [-0.15, -0.1) is 5.10 Å². The molecule has 1 heterocycles. The predicted octanol–water partition coefficient (Wildman–Crippen LogP) is -0.894. The van der Waals surface area contributed by atoms with Crippen molar-refractivity contribution in [2.24, 2.45) is 11.7 Å². The summed E-state index contributed by atoms with van der Waals surface area (Å²) in [5, 5.41) is 15.1. The number of thioether (sulfide) groups is 1. The second kappa shape index (κ2) is 6.44. The number of amides is 1. The first kappa shape index (κ1) is 12.9. The van der Waals surface area contributed by atoms with Gasteiger partial charge in [0.1, 0.15) is 0 Å². The van der Waals surface area contributed by atoms with E-state index in [4.69, 9.17) is 5.73 Å². The molecule has 90 valence electrons. The van der Waals surface area contributed by atoms with Crippen LogP contribution in [0.1, 0.15) is 6.92 Å². The van der Waals surface area contributed by atoms with Crippen LogP contribution in [0.5, 0.6) is 0 Å². The minimum absolute atomic E-state index is 0.181. The topological polar surface area (TPSA) is 98.7 Å². The average molecular weight is 244 g/mol. The van der Waals surface area contributed by atoms with Crippen LogP contribution in [0.15, 0.2) is 5.16 Å². The summed E-state index contributed by atoms with van der Waals surface area (Å²) < 4.78 is 1.70. The van der Waals surface area contributed by atoms with Gasteiger partial charge in [0.15, 0.2) is 0 Å². The Hall–Kier alpha value is -1.15. The van der Waals surface area contributed by atoms with Crippen molar-refractivity contribution in [1.29, 1.82) is 0 Å². The molecular weight excluding hydrogens is 228 g/mol. The van der Waals surface area contributed by atoms with E-state index in [0.29, 0.717) is 17.5 Å². The number of hydrogen-bond donors (Lipinski definition) is 2. The van der Waals surface area contributed by atoms with Crippen LogP contribution in [0.2, 0.25) is 0 Å². The maximum atomic E-state index is 10.9. The largest absolute Gasteiger partial charge is 0.369 e. The zero-order valence-electron chi connectivity index (χ0n) is 9.38. The van der Waals surface area contributed by atoms with Gasteiger partial charge in [0.05, 0.1) is 6.54 Å². The summed E-state index contributed by atoms with van der Waals surface area (Å²) in [6, 6.07) is 0. The fourth-order valence-electron chi connectivity index (χ4n) is 0.940. The Balaban J connectivity index is 2.47. The van der Waals surface area contributed by atoms with Gasteiger partial charge in [-0.1, -0.05) is 18.7 Å². The number of nitrogens with zero attached hydrogens (tertiary/aromatic N) is 4. The molecule has 1 rings (SSSR count). The van der Waals surface area contributed by atoms with Crippen molar-refractivity contribution in [1.82, 2.24) is 25.5 Å². The van der Waals surface area contributed by atoms with Gasteiger partial charge in [0.2, 0.25) is 11.1 Å². The molecule has 0 fully saturated rings. The minimum atomic E-state index is -0.304. The normalized spacial score (nSPS) is 12.6. The molecule has 8 heteroatoms. The monoisotopic (exact) mass is 244 g/mol. The molecule has 0 bridgehead atoms.